The SMILES string of the molecule is C[Si](C)OC(C)(CC(C)(C)C)Oc1cc(I)cc(C(=O)Nc2nccs2)c1. The number of aromatic nitrogens is 1. The fourth-order valence-electron chi connectivity index (χ4n) is 2.94. The van der Waals surface area contributed by atoms with E-state index in [1.807, 2.05) is 24.4 Å². The van der Waals surface area contributed by atoms with Gasteiger partial charge in [0, 0.05) is 34.1 Å². The summed E-state index contributed by atoms with van der Waals surface area (Å²) in [5, 5.41) is 5.21. The van der Waals surface area contributed by atoms with Crippen molar-refractivity contribution in [1.29, 1.82) is 0 Å². The normalized spacial score (nSPS) is 14.1. The van der Waals surface area contributed by atoms with Crippen molar-refractivity contribution in [2.45, 2.75) is 53.0 Å². The summed E-state index contributed by atoms with van der Waals surface area (Å²) in [4.78, 5) is 16.7. The van der Waals surface area contributed by atoms with Crippen molar-refractivity contribution in [2.24, 2.45) is 5.41 Å². The average molecular weight is 517 g/mol. The van der Waals surface area contributed by atoms with Gasteiger partial charge < -0.3 is 9.16 Å². The number of nitrogens with zero attached hydrogens (tertiary/aromatic N) is 1. The number of anilines is 1. The van der Waals surface area contributed by atoms with E-state index in [1.165, 1.54) is 11.3 Å². The topological polar surface area (TPSA) is 60.5 Å². The summed E-state index contributed by atoms with van der Waals surface area (Å²) >= 11 is 3.58. The van der Waals surface area contributed by atoms with Crippen LogP contribution in [0.1, 0.15) is 44.5 Å². The van der Waals surface area contributed by atoms with Gasteiger partial charge in [-0.3, -0.25) is 10.1 Å². The molecule has 5 nitrogen and oxygen atoms in total. The molecule has 1 aromatic heterocycles. The number of rotatable bonds is 7. The zero-order valence-electron chi connectivity index (χ0n) is 16.6. The Morgan fingerprint density at radius 2 is 1.96 bits per heavy atom. The molecule has 0 saturated heterocycles. The number of carbonyl (C=O) groups excluding carboxylic acids is 1. The maximum Gasteiger partial charge on any atom is 0.257 e. The van der Waals surface area contributed by atoms with Crippen LogP contribution < -0.4 is 10.1 Å². The van der Waals surface area contributed by atoms with Crippen LogP contribution in [0.25, 0.3) is 0 Å². The molecule has 2 rings (SSSR count). The molecule has 1 unspecified atom stereocenters. The van der Waals surface area contributed by atoms with Crippen molar-refractivity contribution in [3.8, 4) is 5.75 Å². The van der Waals surface area contributed by atoms with Gasteiger partial charge in [0.2, 0.25) is 9.04 Å². The lowest BCUT2D eigenvalue weighted by molar-refractivity contribution is -0.124. The first-order chi connectivity index (χ1) is 12.5. The summed E-state index contributed by atoms with van der Waals surface area (Å²) in [6.07, 6.45) is 2.40. The summed E-state index contributed by atoms with van der Waals surface area (Å²) in [5.74, 6) is -0.326. The predicted octanol–water partition coefficient (Wildman–Crippen LogP) is 5.80. The van der Waals surface area contributed by atoms with Crippen molar-refractivity contribution < 1.29 is 14.0 Å². The molecule has 0 fully saturated rings. The quantitative estimate of drug-likeness (QED) is 0.287. The highest BCUT2D eigenvalue weighted by molar-refractivity contribution is 14.1. The largest absolute Gasteiger partial charge is 0.464 e. The molecule has 0 spiro atoms. The molecule has 0 aliphatic carbocycles. The molecule has 8 heteroatoms. The second-order valence-corrected chi connectivity index (χ2v) is 12.1. The standard InChI is InChI=1S/C19H26IN2O3SSi/c1-18(2,3)12-19(4,25-27(5)6)24-15-10-13(9-14(20)11-15)16(23)22-17-21-7-8-26-17/h7-11H,12H2,1-6H3,(H,21,22,23). The fraction of sp³-hybridized carbons (Fsp3) is 0.474. The van der Waals surface area contributed by atoms with E-state index in [2.05, 4.69) is 66.8 Å². The number of hydrogen-bond donors (Lipinski definition) is 1. The van der Waals surface area contributed by atoms with Crippen molar-refractivity contribution in [2.75, 3.05) is 5.32 Å². The zero-order chi connectivity index (χ0) is 20.2. The highest BCUT2D eigenvalue weighted by Gasteiger charge is 2.34. The Bertz CT molecular complexity index is 778. The van der Waals surface area contributed by atoms with Gasteiger partial charge >= 0.3 is 0 Å². The van der Waals surface area contributed by atoms with Crippen molar-refractivity contribution >= 4 is 54.0 Å². The molecule has 1 atom stereocenters. The molecule has 1 N–H and O–H groups in total. The minimum Gasteiger partial charge on any atom is -0.464 e. The van der Waals surface area contributed by atoms with Crippen LogP contribution in [0, 0.1) is 8.99 Å². The number of ether oxygens (including phenoxy) is 1. The number of carbonyl (C=O) groups is 1. The molecule has 2 aromatic rings. The van der Waals surface area contributed by atoms with Gasteiger partial charge in [-0.05, 0) is 59.3 Å². The first-order valence-corrected chi connectivity index (χ1v) is 13.0. The third kappa shape index (κ3) is 7.51. The number of thiazole rings is 1. The summed E-state index contributed by atoms with van der Waals surface area (Å²) in [7, 11) is -0.965. The zero-order valence-corrected chi connectivity index (χ0v) is 20.5. The summed E-state index contributed by atoms with van der Waals surface area (Å²) in [6.45, 7) is 12.7. The molecule has 147 valence electrons. The van der Waals surface area contributed by atoms with Crippen LogP contribution in [-0.2, 0) is 4.43 Å². The summed E-state index contributed by atoms with van der Waals surface area (Å²) < 4.78 is 13.4. The van der Waals surface area contributed by atoms with Crippen molar-refractivity contribution in [1.82, 2.24) is 4.98 Å². The molecule has 0 bridgehead atoms. The maximum atomic E-state index is 12.6. The van der Waals surface area contributed by atoms with Crippen LogP contribution in [0.15, 0.2) is 29.8 Å². The van der Waals surface area contributed by atoms with E-state index in [9.17, 15) is 4.79 Å². The van der Waals surface area contributed by atoms with Crippen LogP contribution in [0.5, 0.6) is 5.75 Å². The smallest absolute Gasteiger partial charge is 0.257 e. The van der Waals surface area contributed by atoms with Gasteiger partial charge in [0.25, 0.3) is 5.91 Å². The van der Waals surface area contributed by atoms with Gasteiger partial charge in [0.15, 0.2) is 10.9 Å². The van der Waals surface area contributed by atoms with Crippen LogP contribution in [0.4, 0.5) is 5.13 Å². The molecule has 1 amide bonds. The monoisotopic (exact) mass is 517 g/mol. The van der Waals surface area contributed by atoms with E-state index in [4.69, 9.17) is 9.16 Å². The molecule has 0 saturated carbocycles. The second kappa shape index (κ2) is 9.02. The van der Waals surface area contributed by atoms with Gasteiger partial charge in [0.1, 0.15) is 5.75 Å². The van der Waals surface area contributed by atoms with Gasteiger partial charge in [-0.25, -0.2) is 4.98 Å². The molecular weight excluding hydrogens is 491 g/mol. The number of nitrogens with one attached hydrogen (secondary N) is 1. The molecular formula is C19H26IN2O3SSi. The van der Waals surface area contributed by atoms with E-state index in [0.29, 0.717) is 16.4 Å². The molecule has 1 heterocycles. The Hall–Kier alpha value is -0.973. The Kier molecular flexibility index (Phi) is 7.45. The van der Waals surface area contributed by atoms with E-state index < -0.39 is 14.8 Å². The average Bonchev–Trinajstić information content (AvgIpc) is 2.95. The maximum absolute atomic E-state index is 12.6. The number of halogens is 1. The van der Waals surface area contributed by atoms with E-state index in [0.717, 1.165) is 9.99 Å². The summed E-state index contributed by atoms with van der Waals surface area (Å²) in [6, 6.07) is 5.50. The third-order valence-corrected chi connectivity index (χ3v) is 5.54. The third-order valence-electron chi connectivity index (χ3n) is 3.39. The minimum absolute atomic E-state index is 0.0407. The van der Waals surface area contributed by atoms with Crippen molar-refractivity contribution in [3.63, 3.8) is 0 Å². The molecule has 1 aromatic carbocycles. The van der Waals surface area contributed by atoms with Crippen molar-refractivity contribution in [3.05, 3.63) is 38.9 Å². The van der Waals surface area contributed by atoms with E-state index >= 15 is 0 Å². The lowest BCUT2D eigenvalue weighted by Gasteiger charge is -2.37. The molecule has 27 heavy (non-hydrogen) atoms. The van der Waals surface area contributed by atoms with Gasteiger partial charge in [-0.2, -0.15) is 0 Å². The Morgan fingerprint density at radius 3 is 2.52 bits per heavy atom. The van der Waals surface area contributed by atoms with Gasteiger partial charge in [0.05, 0.1) is 0 Å². The highest BCUT2D eigenvalue weighted by Crippen LogP contribution is 2.33. The van der Waals surface area contributed by atoms with E-state index in [1.54, 1.807) is 12.3 Å². The lowest BCUT2D eigenvalue weighted by atomic mass is 9.88. The predicted molar refractivity (Wildman–Crippen MR) is 121 cm³/mol. The Morgan fingerprint density at radius 1 is 1.26 bits per heavy atom. The number of amides is 1. The van der Waals surface area contributed by atoms with Gasteiger partial charge in [-0.1, -0.05) is 20.8 Å². The first-order valence-electron chi connectivity index (χ1n) is 8.65. The first kappa shape index (κ1) is 22.3. The fourth-order valence-corrected chi connectivity index (χ4v) is 5.09. The molecule has 0 aliphatic heterocycles. The van der Waals surface area contributed by atoms with Crippen LogP contribution in [-0.4, -0.2) is 25.7 Å². The Balaban J connectivity index is 2.25. The van der Waals surface area contributed by atoms with Crippen LogP contribution in [0.3, 0.4) is 0 Å². The lowest BCUT2D eigenvalue weighted by Crippen LogP contribution is -2.42. The highest BCUT2D eigenvalue weighted by atomic mass is 127. The second-order valence-electron chi connectivity index (χ2n) is 7.95. The Labute approximate surface area is 180 Å². The number of hydrogen-bond acceptors (Lipinski definition) is 5. The minimum atomic E-state index is -0.965. The van der Waals surface area contributed by atoms with Gasteiger partial charge in [-0.15, -0.1) is 11.3 Å². The molecule has 0 aliphatic rings. The van der Waals surface area contributed by atoms with Crippen LogP contribution >= 0.6 is 33.9 Å². The summed E-state index contributed by atoms with van der Waals surface area (Å²) in [5.41, 5.74) is 0.572. The number of benzene rings is 1. The molecule has 1 radical (unpaired) electrons. The van der Waals surface area contributed by atoms with Crippen LogP contribution in [0.2, 0.25) is 13.1 Å². The van der Waals surface area contributed by atoms with E-state index in [-0.39, 0.29) is 11.3 Å².